The lowest BCUT2D eigenvalue weighted by molar-refractivity contribution is -0.384. The Morgan fingerprint density at radius 2 is 1.04 bits per heavy atom. The molecule has 2 atom stereocenters. The van der Waals surface area contributed by atoms with Gasteiger partial charge in [-0.3, -0.25) is 38.4 Å². The normalized spacial score (nSPS) is 17.7. The first kappa shape index (κ1) is 66.2. The van der Waals surface area contributed by atoms with Gasteiger partial charge in [0.15, 0.2) is 10.3 Å². The Hall–Kier alpha value is -9.28. The maximum Gasteiger partial charge on any atom is 0.514 e. The van der Waals surface area contributed by atoms with E-state index < -0.39 is 17.2 Å². The second-order valence-corrected chi connectivity index (χ2v) is 25.8. The van der Waals surface area contributed by atoms with E-state index in [0.29, 0.717) is 43.5 Å². The number of nitro groups is 1. The number of nitrogens with one attached hydrogen (secondary N) is 3. The number of fused-ring (bicyclic) bond motifs is 6. The standard InChI is InChI=1S/C33H36N4O4S.C24H24N4O2S.C15H17NO5/c38-28(34-23-14-6-4-7-15-23)22-42-32-35-29-26-20-12-13-21-27(26)37(33(40)41-25-18-10-2-1-3-11-19-25)30(29)31(39)36(32)24-16-8-5-9-17-24;29-20(25-16-9-3-1-4-10-16)15-31-24-27-21-18-13-7-8-14-19(18)26-22(21)23(30)28(24)17-11-5-2-6-12-17;17-15(20-13-6-4-2-1-3-5-7-13)21-14-10-8-12(9-11-14)16(18)19/h5,8-10,12-13,16-18,20-21,23,25H,1-4,6-7,11,14-15,19,22H2,(H,34,38);2,5-8,11-14,16,26H,1,3-4,9-10,15H2,(H,25,29);4,6,8-11,13H,1-3,5,7H2/b18-10+;;6-4+. The molecular weight excluding hydrogens is 1230 g/mol. The van der Waals surface area contributed by atoms with Crippen LogP contribution in [0.15, 0.2) is 178 Å². The summed E-state index contributed by atoms with van der Waals surface area (Å²) in [6.45, 7) is 0. The van der Waals surface area contributed by atoms with Crippen LogP contribution in [0.5, 0.6) is 5.75 Å². The molecule has 4 aliphatic carbocycles. The van der Waals surface area contributed by atoms with E-state index in [1.165, 1.54) is 82.6 Å². The highest BCUT2D eigenvalue weighted by Gasteiger charge is 2.28. The Bertz CT molecular complexity index is 4310. The summed E-state index contributed by atoms with van der Waals surface area (Å²) in [5, 5.41) is 19.3. The maximum absolute atomic E-state index is 14.4. The molecule has 5 aromatic carbocycles. The van der Waals surface area contributed by atoms with Crippen molar-refractivity contribution in [3.05, 3.63) is 189 Å². The quantitative estimate of drug-likeness (QED) is 0.0174. The van der Waals surface area contributed by atoms with E-state index in [1.807, 2.05) is 127 Å². The van der Waals surface area contributed by atoms with E-state index in [1.54, 1.807) is 4.57 Å². The van der Waals surface area contributed by atoms with Crippen molar-refractivity contribution in [2.45, 2.75) is 163 Å². The number of ether oxygens (including phenoxy) is 3. The molecule has 4 aliphatic rings. The largest absolute Gasteiger partial charge is 0.514 e. The molecule has 2 unspecified atom stereocenters. The van der Waals surface area contributed by atoms with Crippen LogP contribution in [-0.2, 0) is 19.1 Å². The van der Waals surface area contributed by atoms with Gasteiger partial charge in [0, 0.05) is 40.5 Å². The number of rotatable bonds is 14. The third kappa shape index (κ3) is 16.9. The molecule has 20 nitrogen and oxygen atoms in total. The number of non-ortho nitro benzene ring substituents is 1. The number of allylic oxidation sites excluding steroid dienone is 2. The first-order valence-electron chi connectivity index (χ1n) is 32.7. The lowest BCUT2D eigenvalue weighted by atomic mass is 9.95. The summed E-state index contributed by atoms with van der Waals surface area (Å²) in [5.74, 6) is 0.504. The number of para-hydroxylation sites is 4. The number of thioether (sulfide) groups is 2. The molecular formula is C72H77N9O11S2. The molecule has 0 spiro atoms. The van der Waals surface area contributed by atoms with Gasteiger partial charge in [-0.15, -0.1) is 0 Å². The molecule has 0 bridgehead atoms. The van der Waals surface area contributed by atoms with Crippen molar-refractivity contribution < 1.29 is 38.3 Å². The molecule has 0 saturated heterocycles. The third-order valence-electron chi connectivity index (χ3n) is 17.1. The van der Waals surface area contributed by atoms with E-state index >= 15 is 0 Å². The molecule has 488 valence electrons. The van der Waals surface area contributed by atoms with Gasteiger partial charge in [0.25, 0.3) is 16.8 Å². The maximum atomic E-state index is 14.4. The van der Waals surface area contributed by atoms with Crippen LogP contribution in [0.4, 0.5) is 15.3 Å². The van der Waals surface area contributed by atoms with E-state index in [0.717, 1.165) is 119 Å². The topological polar surface area (TPSA) is 254 Å². The number of aromatic amines is 1. The Morgan fingerprint density at radius 3 is 1.62 bits per heavy atom. The fraction of sp³-hybridized carbons (Fsp3) is 0.361. The van der Waals surface area contributed by atoms with Crippen molar-refractivity contribution in [1.82, 2.24) is 39.3 Å². The summed E-state index contributed by atoms with van der Waals surface area (Å²) in [6, 6.07) is 39.6. The predicted octanol–water partition coefficient (Wildman–Crippen LogP) is 15.2. The zero-order valence-corrected chi connectivity index (χ0v) is 54.0. The van der Waals surface area contributed by atoms with Crippen LogP contribution in [0.1, 0.15) is 128 Å². The summed E-state index contributed by atoms with van der Waals surface area (Å²) in [6.07, 6.45) is 27.1. The number of nitrogens with zero attached hydrogens (tertiary/aromatic N) is 6. The van der Waals surface area contributed by atoms with Gasteiger partial charge in [-0.2, -0.15) is 0 Å². The highest BCUT2D eigenvalue weighted by atomic mass is 32.2. The van der Waals surface area contributed by atoms with E-state index in [-0.39, 0.29) is 75.7 Å². The van der Waals surface area contributed by atoms with Crippen LogP contribution in [-0.4, -0.2) is 93.4 Å². The highest BCUT2D eigenvalue weighted by Crippen LogP contribution is 2.32. The third-order valence-corrected chi connectivity index (χ3v) is 19.0. The molecule has 0 radical (unpaired) electrons. The number of amides is 2. The number of H-pyrrole nitrogens is 1. The van der Waals surface area contributed by atoms with E-state index in [9.17, 15) is 38.9 Å². The first-order valence-corrected chi connectivity index (χ1v) is 34.6. The number of hydrogen-bond donors (Lipinski definition) is 3. The van der Waals surface area contributed by atoms with Crippen LogP contribution in [0.3, 0.4) is 0 Å². The van der Waals surface area contributed by atoms with Crippen molar-refractivity contribution in [3.8, 4) is 17.1 Å². The average Bonchev–Trinajstić information content (AvgIpc) is 1.58. The Labute approximate surface area is 552 Å². The zero-order valence-electron chi connectivity index (χ0n) is 52.4. The second kappa shape index (κ2) is 32.5. The number of hydrogen-bond acceptors (Lipinski definition) is 15. The number of carbonyl (C=O) groups is 4. The van der Waals surface area contributed by atoms with Crippen molar-refractivity contribution >= 4 is 97.1 Å². The zero-order chi connectivity index (χ0) is 65.2. The highest BCUT2D eigenvalue weighted by molar-refractivity contribution is 8.00. The molecule has 13 rings (SSSR count). The van der Waals surface area contributed by atoms with Gasteiger partial charge in [0.2, 0.25) is 11.8 Å². The molecule has 2 amide bonds. The minimum atomic E-state index is -0.793. The summed E-state index contributed by atoms with van der Waals surface area (Å²) in [5.41, 5.74) is 3.87. The fourth-order valence-corrected chi connectivity index (χ4v) is 14.0. The fourth-order valence-electron chi connectivity index (χ4n) is 12.4. The minimum Gasteiger partial charge on any atom is -0.441 e. The molecule has 2 fully saturated rings. The Balaban J connectivity index is 0.000000153. The van der Waals surface area contributed by atoms with Crippen LogP contribution in [0.25, 0.3) is 55.2 Å². The van der Waals surface area contributed by atoms with Gasteiger partial charge < -0.3 is 29.8 Å². The van der Waals surface area contributed by atoms with Crippen LogP contribution < -0.4 is 26.5 Å². The van der Waals surface area contributed by atoms with Gasteiger partial charge in [-0.25, -0.2) is 24.1 Å². The Kier molecular flexibility index (Phi) is 22.9. The van der Waals surface area contributed by atoms with E-state index in [2.05, 4.69) is 21.7 Å². The van der Waals surface area contributed by atoms with Gasteiger partial charge in [-0.05, 0) is 138 Å². The monoisotopic (exact) mass is 1310 g/mol. The molecule has 4 aromatic heterocycles. The smallest absolute Gasteiger partial charge is 0.441 e. The minimum absolute atomic E-state index is 0.00946. The Morgan fingerprint density at radius 1 is 0.553 bits per heavy atom. The molecule has 2 saturated carbocycles. The average molecular weight is 1310 g/mol. The molecule has 94 heavy (non-hydrogen) atoms. The van der Waals surface area contributed by atoms with Crippen molar-refractivity contribution in [2.75, 3.05) is 11.5 Å². The van der Waals surface area contributed by atoms with Crippen molar-refractivity contribution in [2.24, 2.45) is 0 Å². The number of nitro benzene ring substituents is 1. The first-order chi connectivity index (χ1) is 45.9. The van der Waals surface area contributed by atoms with E-state index in [4.69, 9.17) is 24.2 Å². The number of carbonyl (C=O) groups excluding carboxylic acids is 4. The molecule has 4 heterocycles. The lowest BCUT2D eigenvalue weighted by Gasteiger charge is -2.22. The van der Waals surface area contributed by atoms with Crippen LogP contribution in [0.2, 0.25) is 0 Å². The number of benzene rings is 5. The van der Waals surface area contributed by atoms with Gasteiger partial charge >= 0.3 is 12.2 Å². The van der Waals surface area contributed by atoms with Gasteiger partial charge in [0.1, 0.15) is 40.0 Å². The number of aromatic nitrogens is 6. The summed E-state index contributed by atoms with van der Waals surface area (Å²) >= 11 is 2.54. The molecule has 3 N–H and O–H groups in total. The summed E-state index contributed by atoms with van der Waals surface area (Å²) in [4.78, 5) is 102. The lowest BCUT2D eigenvalue weighted by Crippen LogP contribution is -2.37. The van der Waals surface area contributed by atoms with Crippen LogP contribution in [0, 0.1) is 10.1 Å². The van der Waals surface area contributed by atoms with Gasteiger partial charge in [0.05, 0.1) is 33.3 Å². The predicted molar refractivity (Wildman–Crippen MR) is 368 cm³/mol. The van der Waals surface area contributed by atoms with Crippen molar-refractivity contribution in [3.63, 3.8) is 0 Å². The van der Waals surface area contributed by atoms with Crippen molar-refractivity contribution in [1.29, 1.82) is 0 Å². The molecule has 22 heteroatoms. The molecule has 0 aliphatic heterocycles. The second-order valence-electron chi connectivity index (χ2n) is 23.9. The SMILES string of the molecule is O=C(CSc1nc2c([nH]c3ccccc32)c(=O)n1-c1ccccc1)NC1CCCCC1.O=C(CSc1nc2c3ccccc3n(C(=O)OC3/C=C/CCCCC3)c2c(=O)n1-c1ccccc1)NC1CCCCC1.O=C(Oc1ccc([N+](=O)[O-])cc1)OC1/C=C/CCCCC1. The summed E-state index contributed by atoms with van der Waals surface area (Å²) < 4.78 is 20.7. The molecule has 9 aromatic rings. The van der Waals surface area contributed by atoms with Gasteiger partial charge in [-0.1, -0.05) is 160 Å². The summed E-state index contributed by atoms with van der Waals surface area (Å²) in [7, 11) is 0. The van der Waals surface area contributed by atoms with Crippen LogP contribution >= 0.6 is 23.5 Å².